The van der Waals surface area contributed by atoms with Gasteiger partial charge in [-0.25, -0.2) is 0 Å². The van der Waals surface area contributed by atoms with E-state index in [-0.39, 0.29) is 12.5 Å². The Morgan fingerprint density at radius 3 is 2.68 bits per heavy atom. The van der Waals surface area contributed by atoms with E-state index >= 15 is 0 Å². The van der Waals surface area contributed by atoms with E-state index in [1.165, 1.54) is 5.56 Å². The van der Waals surface area contributed by atoms with E-state index in [1.807, 2.05) is 41.3 Å². The number of pyridine rings is 1. The fourth-order valence-electron chi connectivity index (χ4n) is 2.95. The first-order chi connectivity index (χ1) is 12.2. The molecule has 1 aromatic heterocycles. The van der Waals surface area contributed by atoms with Crippen LogP contribution in [0.2, 0.25) is 0 Å². The third-order valence-corrected chi connectivity index (χ3v) is 4.44. The third-order valence-electron chi connectivity index (χ3n) is 4.44. The second-order valence-corrected chi connectivity index (χ2v) is 6.06. The topological polar surface area (TPSA) is 56.9 Å². The van der Waals surface area contributed by atoms with Gasteiger partial charge in [0, 0.05) is 6.07 Å². The summed E-state index contributed by atoms with van der Waals surface area (Å²) < 4.78 is 6.76. The summed E-state index contributed by atoms with van der Waals surface area (Å²) in [5.41, 5.74) is 1.19. The molecule has 0 radical (unpaired) electrons. The van der Waals surface area contributed by atoms with Crippen LogP contribution in [0.5, 0.6) is 5.75 Å². The highest BCUT2D eigenvalue weighted by atomic mass is 16.5. The summed E-state index contributed by atoms with van der Waals surface area (Å²) in [6, 6.07) is 13.4. The maximum atomic E-state index is 12.4. The zero-order valence-corrected chi connectivity index (χ0v) is 14.5. The molecule has 6 nitrogen and oxygen atoms in total. The van der Waals surface area contributed by atoms with Gasteiger partial charge >= 0.3 is 5.82 Å². The van der Waals surface area contributed by atoms with Gasteiger partial charge in [0.1, 0.15) is 25.0 Å². The van der Waals surface area contributed by atoms with Crippen molar-refractivity contribution in [1.82, 2.24) is 4.90 Å². The Hall–Kier alpha value is -2.76. The van der Waals surface area contributed by atoms with Gasteiger partial charge in [0.25, 0.3) is 5.91 Å². The van der Waals surface area contributed by atoms with E-state index in [1.54, 1.807) is 12.3 Å². The van der Waals surface area contributed by atoms with Crippen LogP contribution < -0.4 is 14.4 Å². The first kappa shape index (κ1) is 17.1. The molecule has 132 valence electrons. The van der Waals surface area contributed by atoms with Crippen LogP contribution in [0.25, 0.3) is 0 Å². The number of carbonyl (C=O) groups is 1. The smallest absolute Gasteiger partial charge is 0.316 e. The normalized spacial score (nSPS) is 14.4. The summed E-state index contributed by atoms with van der Waals surface area (Å²) >= 11 is 0. The number of benzene rings is 1. The standard InChI is InChI=1S/C19H24N3O3/c1-2-16-6-5-7-17(14-16)25-15-19(23)21-12-10-20(11-13-21)18-8-3-4-9-22(18)24/h3-9,14,24H,2,10-13,15H2,1H3/q+1. The van der Waals surface area contributed by atoms with Gasteiger partial charge in [-0.15, -0.1) is 0 Å². The first-order valence-corrected chi connectivity index (χ1v) is 8.62. The number of piperazine rings is 1. The van der Waals surface area contributed by atoms with Crippen LogP contribution in [0.4, 0.5) is 5.82 Å². The number of aryl methyl sites for hydroxylation is 1. The Morgan fingerprint density at radius 2 is 1.96 bits per heavy atom. The van der Waals surface area contributed by atoms with Gasteiger partial charge in [0.05, 0.1) is 13.1 Å². The Kier molecular flexibility index (Phi) is 5.38. The molecule has 0 aliphatic carbocycles. The lowest BCUT2D eigenvalue weighted by atomic mass is 10.2. The number of carbonyl (C=O) groups excluding carboxylic acids is 1. The van der Waals surface area contributed by atoms with Crippen LogP contribution in [0, 0.1) is 0 Å². The zero-order valence-electron chi connectivity index (χ0n) is 14.5. The molecule has 1 N–H and O–H groups in total. The fourth-order valence-corrected chi connectivity index (χ4v) is 2.95. The van der Waals surface area contributed by atoms with Crippen molar-refractivity contribution in [1.29, 1.82) is 0 Å². The molecule has 0 atom stereocenters. The lowest BCUT2D eigenvalue weighted by molar-refractivity contribution is -0.894. The molecule has 1 amide bonds. The number of amides is 1. The van der Waals surface area contributed by atoms with Crippen molar-refractivity contribution in [3.8, 4) is 5.75 Å². The Bertz CT molecular complexity index is 727. The van der Waals surface area contributed by atoms with Crippen LogP contribution >= 0.6 is 0 Å². The molecule has 2 aromatic rings. The molecule has 0 spiro atoms. The molecule has 0 bridgehead atoms. The van der Waals surface area contributed by atoms with Gasteiger partial charge in [-0.1, -0.05) is 29.9 Å². The average Bonchev–Trinajstić information content (AvgIpc) is 2.67. The summed E-state index contributed by atoms with van der Waals surface area (Å²) in [4.78, 5) is 16.2. The second-order valence-electron chi connectivity index (χ2n) is 6.06. The predicted octanol–water partition coefficient (Wildman–Crippen LogP) is 1.50. The number of rotatable bonds is 5. The predicted molar refractivity (Wildman–Crippen MR) is 93.9 cm³/mol. The number of nitrogens with zero attached hydrogens (tertiary/aromatic N) is 3. The highest BCUT2D eigenvalue weighted by Gasteiger charge is 2.27. The van der Waals surface area contributed by atoms with Crippen LogP contribution in [0.1, 0.15) is 12.5 Å². The Labute approximate surface area is 147 Å². The molecule has 1 aliphatic heterocycles. The van der Waals surface area contributed by atoms with E-state index in [0.717, 1.165) is 22.7 Å². The molecule has 0 saturated carbocycles. The number of hydrogen-bond acceptors (Lipinski definition) is 4. The molecule has 2 heterocycles. The minimum atomic E-state index is -0.00788. The maximum absolute atomic E-state index is 12.4. The molecular formula is C19H24N3O3+. The summed E-state index contributed by atoms with van der Waals surface area (Å²) in [6.07, 6.45) is 2.54. The van der Waals surface area contributed by atoms with Gasteiger partial charge in [0.15, 0.2) is 6.61 Å². The van der Waals surface area contributed by atoms with Gasteiger partial charge < -0.3 is 14.8 Å². The van der Waals surface area contributed by atoms with Crippen LogP contribution in [-0.2, 0) is 11.2 Å². The van der Waals surface area contributed by atoms with E-state index in [9.17, 15) is 10.0 Å². The minimum absolute atomic E-state index is 0.00788. The molecule has 1 aliphatic rings. The maximum Gasteiger partial charge on any atom is 0.316 e. The van der Waals surface area contributed by atoms with Crippen LogP contribution in [0.3, 0.4) is 0 Å². The first-order valence-electron chi connectivity index (χ1n) is 8.62. The average molecular weight is 342 g/mol. The molecule has 3 rings (SSSR count). The summed E-state index contributed by atoms with van der Waals surface area (Å²) in [5, 5.41) is 9.87. The Balaban J connectivity index is 1.50. The van der Waals surface area contributed by atoms with Gasteiger partial charge in [-0.05, 0) is 30.2 Å². The highest BCUT2D eigenvalue weighted by molar-refractivity contribution is 5.78. The number of anilines is 1. The van der Waals surface area contributed by atoms with Crippen molar-refractivity contribution in [2.75, 3.05) is 37.7 Å². The van der Waals surface area contributed by atoms with Crippen molar-refractivity contribution in [3.05, 3.63) is 54.2 Å². The Morgan fingerprint density at radius 1 is 1.16 bits per heavy atom. The fraction of sp³-hybridized carbons (Fsp3) is 0.368. The lowest BCUT2D eigenvalue weighted by Gasteiger charge is -2.31. The minimum Gasteiger partial charge on any atom is -0.484 e. The summed E-state index contributed by atoms with van der Waals surface area (Å²) in [5.74, 6) is 1.46. The van der Waals surface area contributed by atoms with Gasteiger partial charge in [0.2, 0.25) is 0 Å². The van der Waals surface area contributed by atoms with E-state index < -0.39 is 0 Å². The van der Waals surface area contributed by atoms with Gasteiger partial charge in [-0.2, -0.15) is 0 Å². The highest BCUT2D eigenvalue weighted by Crippen LogP contribution is 2.15. The quantitative estimate of drug-likeness (QED) is 0.661. The monoisotopic (exact) mass is 342 g/mol. The van der Waals surface area contributed by atoms with E-state index in [0.29, 0.717) is 26.2 Å². The van der Waals surface area contributed by atoms with Crippen molar-refractivity contribution >= 4 is 11.7 Å². The number of hydrogen-bond donors (Lipinski definition) is 1. The molecule has 1 saturated heterocycles. The van der Waals surface area contributed by atoms with Crippen LogP contribution in [0.15, 0.2) is 48.7 Å². The van der Waals surface area contributed by atoms with Crippen molar-refractivity contribution < 1.29 is 19.5 Å². The lowest BCUT2D eigenvalue weighted by Crippen LogP contribution is -2.53. The third kappa shape index (κ3) is 4.21. The molecule has 6 heteroatoms. The van der Waals surface area contributed by atoms with Crippen LogP contribution in [-0.4, -0.2) is 48.8 Å². The van der Waals surface area contributed by atoms with Crippen molar-refractivity contribution in [2.24, 2.45) is 0 Å². The van der Waals surface area contributed by atoms with E-state index in [4.69, 9.17) is 4.74 Å². The van der Waals surface area contributed by atoms with Gasteiger partial charge in [-0.3, -0.25) is 9.69 Å². The summed E-state index contributed by atoms with van der Waals surface area (Å²) in [7, 11) is 0. The number of aromatic nitrogens is 1. The van der Waals surface area contributed by atoms with Crippen molar-refractivity contribution in [3.63, 3.8) is 0 Å². The molecular weight excluding hydrogens is 318 g/mol. The van der Waals surface area contributed by atoms with E-state index in [2.05, 4.69) is 11.8 Å². The summed E-state index contributed by atoms with van der Waals surface area (Å²) in [6.45, 7) is 4.74. The second kappa shape index (κ2) is 7.88. The molecule has 1 fully saturated rings. The number of ether oxygens (including phenoxy) is 1. The zero-order chi connectivity index (χ0) is 17.6. The van der Waals surface area contributed by atoms with Crippen molar-refractivity contribution in [2.45, 2.75) is 13.3 Å². The molecule has 25 heavy (non-hydrogen) atoms. The molecule has 1 aromatic carbocycles. The molecule has 0 unspecified atom stereocenters. The SMILES string of the molecule is CCc1cccc(OCC(=O)N2CCN(c3cccc[n+]3O)CC2)c1. The largest absolute Gasteiger partial charge is 0.484 e.